The quantitative estimate of drug-likeness (QED) is 0.318. The Morgan fingerprint density at radius 1 is 0.976 bits per heavy atom. The van der Waals surface area contributed by atoms with Crippen LogP contribution in [-0.2, 0) is 22.6 Å². The molecule has 6 rings (SSSR count). The Hall–Kier alpha value is -3.78. The largest absolute Gasteiger partial charge is 0.469 e. The second kappa shape index (κ2) is 10.2. The average Bonchev–Trinajstić information content (AvgIpc) is 3.70. The van der Waals surface area contributed by atoms with E-state index in [-0.39, 0.29) is 48.5 Å². The molecule has 0 unspecified atom stereocenters. The molecule has 3 aromatic heterocycles. The minimum Gasteiger partial charge on any atom is -0.469 e. The van der Waals surface area contributed by atoms with E-state index in [1.54, 1.807) is 0 Å². The number of aliphatic hydroxyl groups excluding tert-OH is 1. The maximum atomic E-state index is 13.4. The molecule has 2 aliphatic heterocycles. The standard InChI is InChI=1S/C33H38N4O4/c1-7-19-15(2)24-12-28-22(14-38)17(4)23(35-28)11-25-16(3)20(8-9-30(40)41-6)32(36-25)21-10-29(39)31-18(5)26(37-33(21)31)13-27(19)34-24/h11-13,15-16,19-20,35,37-38H,7-10,14H2,1-6H3/t15-,16+,19-,20+/m1/s1. The number of aromatic nitrogens is 4. The lowest BCUT2D eigenvalue weighted by atomic mass is 9.85. The second-order valence-corrected chi connectivity index (χ2v) is 11.8. The van der Waals surface area contributed by atoms with Crippen LogP contribution in [0.3, 0.4) is 0 Å². The molecule has 8 heteroatoms. The molecule has 214 valence electrons. The van der Waals surface area contributed by atoms with Crippen molar-refractivity contribution in [2.75, 3.05) is 7.11 Å². The Morgan fingerprint density at radius 3 is 2.34 bits per heavy atom. The molecule has 0 saturated carbocycles. The monoisotopic (exact) mass is 554 g/mol. The van der Waals surface area contributed by atoms with Gasteiger partial charge in [-0.05, 0) is 56.0 Å². The van der Waals surface area contributed by atoms with Crippen LogP contribution in [0.15, 0.2) is 18.2 Å². The zero-order valence-corrected chi connectivity index (χ0v) is 24.6. The Kier molecular flexibility index (Phi) is 6.85. The number of aromatic amines is 2. The Bertz CT molecular complexity index is 1750. The van der Waals surface area contributed by atoms with E-state index in [0.29, 0.717) is 12.8 Å². The van der Waals surface area contributed by atoms with Gasteiger partial charge in [-0.15, -0.1) is 0 Å². The minimum atomic E-state index is -0.255. The van der Waals surface area contributed by atoms with Crippen LogP contribution in [0.2, 0.25) is 0 Å². The van der Waals surface area contributed by atoms with E-state index in [1.807, 2.05) is 13.8 Å². The number of H-pyrrole nitrogens is 2. The fourth-order valence-corrected chi connectivity index (χ4v) is 7.13. The van der Waals surface area contributed by atoms with Gasteiger partial charge < -0.3 is 19.8 Å². The van der Waals surface area contributed by atoms with E-state index in [9.17, 15) is 14.7 Å². The molecular weight excluding hydrogens is 516 g/mol. The van der Waals surface area contributed by atoms with Gasteiger partial charge in [0, 0.05) is 86.8 Å². The minimum absolute atomic E-state index is 0.0214. The van der Waals surface area contributed by atoms with Crippen LogP contribution in [0.4, 0.5) is 0 Å². The number of fused-ring (bicyclic) bond motifs is 8. The molecule has 0 saturated heterocycles. The van der Waals surface area contributed by atoms with Crippen molar-refractivity contribution < 1.29 is 19.4 Å². The fraction of sp³-hybridized carbons (Fsp3) is 0.455. The van der Waals surface area contributed by atoms with Gasteiger partial charge in [-0.3, -0.25) is 19.6 Å². The highest BCUT2D eigenvalue weighted by Crippen LogP contribution is 2.45. The molecule has 41 heavy (non-hydrogen) atoms. The smallest absolute Gasteiger partial charge is 0.305 e. The van der Waals surface area contributed by atoms with Gasteiger partial charge in [-0.2, -0.15) is 0 Å². The first kappa shape index (κ1) is 27.4. The van der Waals surface area contributed by atoms with Crippen molar-refractivity contribution in [1.82, 2.24) is 19.9 Å². The maximum Gasteiger partial charge on any atom is 0.305 e. The van der Waals surface area contributed by atoms with E-state index < -0.39 is 0 Å². The van der Waals surface area contributed by atoms with Gasteiger partial charge in [-0.1, -0.05) is 20.8 Å². The lowest BCUT2D eigenvalue weighted by Crippen LogP contribution is -2.09. The summed E-state index contributed by atoms with van der Waals surface area (Å²) in [6.07, 6.45) is 2.08. The molecule has 0 amide bonds. The average molecular weight is 555 g/mol. The van der Waals surface area contributed by atoms with E-state index in [0.717, 1.165) is 79.1 Å². The van der Waals surface area contributed by atoms with Gasteiger partial charge in [0.25, 0.3) is 0 Å². The van der Waals surface area contributed by atoms with Crippen LogP contribution in [0.5, 0.6) is 0 Å². The van der Waals surface area contributed by atoms with Gasteiger partial charge >= 0.3 is 5.97 Å². The van der Waals surface area contributed by atoms with E-state index >= 15 is 0 Å². The predicted molar refractivity (Wildman–Crippen MR) is 158 cm³/mol. The highest BCUT2D eigenvalue weighted by atomic mass is 16.5. The summed E-state index contributed by atoms with van der Waals surface area (Å²) in [6.45, 7) is 10.4. The number of hydrogen-bond acceptors (Lipinski definition) is 6. The Balaban J connectivity index is 1.72. The second-order valence-electron chi connectivity index (χ2n) is 11.8. The normalized spacial score (nSPS) is 21.5. The van der Waals surface area contributed by atoms with Crippen LogP contribution >= 0.6 is 0 Å². The number of nitrogens with one attached hydrogen (secondary N) is 2. The molecule has 0 aromatic carbocycles. The van der Waals surface area contributed by atoms with Gasteiger partial charge in [0.1, 0.15) is 0 Å². The number of Topliss-reactive ketones (excluding diaryl/α,β-unsaturated/α-hetero) is 1. The Morgan fingerprint density at radius 2 is 1.63 bits per heavy atom. The van der Waals surface area contributed by atoms with Crippen LogP contribution < -0.4 is 0 Å². The van der Waals surface area contributed by atoms with E-state index in [1.165, 1.54) is 7.11 Å². The highest BCUT2D eigenvalue weighted by Gasteiger charge is 2.36. The van der Waals surface area contributed by atoms with Gasteiger partial charge in [0.15, 0.2) is 5.78 Å². The first-order valence-electron chi connectivity index (χ1n) is 14.6. The van der Waals surface area contributed by atoms with Crippen LogP contribution in [0, 0.1) is 13.8 Å². The zero-order chi connectivity index (χ0) is 29.2. The number of ether oxygens (including phenoxy) is 1. The molecule has 0 radical (unpaired) electrons. The van der Waals surface area contributed by atoms with Crippen molar-refractivity contribution >= 4 is 33.8 Å². The number of esters is 1. The summed E-state index contributed by atoms with van der Waals surface area (Å²) in [7, 11) is 1.41. The van der Waals surface area contributed by atoms with Gasteiger partial charge in [0.2, 0.25) is 0 Å². The van der Waals surface area contributed by atoms with Crippen molar-refractivity contribution in [2.45, 2.75) is 90.6 Å². The molecule has 8 bridgehead atoms. The number of rotatable bonds is 5. The third kappa shape index (κ3) is 4.31. The van der Waals surface area contributed by atoms with Crippen molar-refractivity contribution in [2.24, 2.45) is 0 Å². The topological polar surface area (TPSA) is 121 Å². The SMILES string of the molecule is CC[C@H]1c2cc3[nH]c4c(c5nc(cc6[nH]c(cc(n2)[C@@H]1C)c(CO)c6C)[C@@H](C)[C@@H]5CCC(=O)OC)CC(=O)c4c3C. The third-order valence-corrected chi connectivity index (χ3v) is 9.71. The zero-order valence-electron chi connectivity index (χ0n) is 24.6. The number of hydrogen-bond donors (Lipinski definition) is 3. The molecule has 3 aliphatic rings. The van der Waals surface area contributed by atoms with Crippen LogP contribution in [-0.4, -0.2) is 43.9 Å². The number of aryl methyl sites for hydroxylation is 2. The summed E-state index contributed by atoms with van der Waals surface area (Å²) < 4.78 is 4.95. The number of aliphatic hydroxyl groups is 1. The number of ketones is 1. The first-order chi connectivity index (χ1) is 19.7. The molecule has 5 heterocycles. The number of nitrogens with zero attached hydrogens (tertiary/aromatic N) is 2. The summed E-state index contributed by atoms with van der Waals surface area (Å²) in [6, 6.07) is 6.24. The van der Waals surface area contributed by atoms with Crippen LogP contribution in [0.1, 0.15) is 119 Å². The molecular formula is C33H38N4O4. The summed E-state index contributed by atoms with van der Waals surface area (Å²) in [5.41, 5.74) is 11.6. The lowest BCUT2D eigenvalue weighted by molar-refractivity contribution is -0.140. The fourth-order valence-electron chi connectivity index (χ4n) is 7.13. The van der Waals surface area contributed by atoms with Crippen molar-refractivity contribution in [3.05, 3.63) is 68.8 Å². The van der Waals surface area contributed by atoms with Crippen molar-refractivity contribution in [1.29, 1.82) is 0 Å². The molecule has 1 aliphatic carbocycles. The highest BCUT2D eigenvalue weighted by molar-refractivity contribution is 6.13. The van der Waals surface area contributed by atoms with E-state index in [2.05, 4.69) is 48.9 Å². The van der Waals surface area contributed by atoms with Gasteiger partial charge in [0.05, 0.1) is 24.9 Å². The number of methoxy groups -OCH3 is 1. The molecule has 4 atom stereocenters. The summed E-state index contributed by atoms with van der Waals surface area (Å²) in [5, 5.41) is 10.3. The molecule has 0 spiro atoms. The number of carbonyl (C=O) groups is 2. The predicted octanol–water partition coefficient (Wildman–Crippen LogP) is 6.30. The maximum absolute atomic E-state index is 13.4. The van der Waals surface area contributed by atoms with Crippen molar-refractivity contribution in [3.63, 3.8) is 0 Å². The summed E-state index contributed by atoms with van der Waals surface area (Å²) >= 11 is 0. The molecule has 3 aromatic rings. The molecule has 8 nitrogen and oxygen atoms in total. The van der Waals surface area contributed by atoms with Crippen molar-refractivity contribution in [3.8, 4) is 0 Å². The van der Waals surface area contributed by atoms with Crippen LogP contribution in [0.25, 0.3) is 22.1 Å². The van der Waals surface area contributed by atoms with Gasteiger partial charge in [-0.25, -0.2) is 0 Å². The third-order valence-electron chi connectivity index (χ3n) is 9.71. The first-order valence-corrected chi connectivity index (χ1v) is 14.6. The van der Waals surface area contributed by atoms with E-state index in [4.69, 9.17) is 14.7 Å². The summed E-state index contributed by atoms with van der Waals surface area (Å²) in [4.78, 5) is 43.0. The molecule has 3 N–H and O–H groups in total. The number of carbonyl (C=O) groups excluding carboxylic acids is 2. The Labute approximate surface area is 239 Å². The lowest BCUT2D eigenvalue weighted by Gasteiger charge is -2.16. The summed E-state index contributed by atoms with van der Waals surface area (Å²) in [5.74, 6) is 0.272. The molecule has 0 fully saturated rings.